The summed E-state index contributed by atoms with van der Waals surface area (Å²) < 4.78 is 55.7. The summed E-state index contributed by atoms with van der Waals surface area (Å²) in [4.78, 5) is 0.173. The summed E-state index contributed by atoms with van der Waals surface area (Å²) >= 11 is 0. The molecule has 0 fully saturated rings. The Labute approximate surface area is 184 Å². The van der Waals surface area contributed by atoms with Gasteiger partial charge in [0, 0.05) is 5.69 Å². The Bertz CT molecular complexity index is 1270. The van der Waals surface area contributed by atoms with Crippen molar-refractivity contribution in [2.75, 3.05) is 9.44 Å². The fourth-order valence-electron chi connectivity index (χ4n) is 2.94. The van der Waals surface area contributed by atoms with Gasteiger partial charge in [-0.1, -0.05) is 51.1 Å². The fraction of sp³-hybridized carbons (Fsp3) is 0.217. The molecular weight excluding hydrogens is 432 g/mol. The van der Waals surface area contributed by atoms with Gasteiger partial charge in [-0.15, -0.1) is 0 Å². The van der Waals surface area contributed by atoms with E-state index in [1.807, 2.05) is 19.1 Å². The van der Waals surface area contributed by atoms with Crippen molar-refractivity contribution in [2.24, 2.45) is 0 Å². The zero-order valence-electron chi connectivity index (χ0n) is 17.9. The first-order valence-corrected chi connectivity index (χ1v) is 12.7. The molecule has 3 aromatic carbocycles. The van der Waals surface area contributed by atoms with Crippen LogP contribution in [0.25, 0.3) is 0 Å². The van der Waals surface area contributed by atoms with Gasteiger partial charge < -0.3 is 0 Å². The summed E-state index contributed by atoms with van der Waals surface area (Å²) in [7, 11) is -7.59. The summed E-state index contributed by atoms with van der Waals surface area (Å²) in [5, 5.41) is 0. The lowest BCUT2D eigenvalue weighted by Gasteiger charge is -2.19. The number of nitrogens with one attached hydrogen (secondary N) is 2. The third-order valence-electron chi connectivity index (χ3n) is 4.84. The van der Waals surface area contributed by atoms with Crippen LogP contribution in [0.4, 0.5) is 11.4 Å². The van der Waals surface area contributed by atoms with Crippen molar-refractivity contribution in [3.05, 3.63) is 83.9 Å². The molecule has 6 nitrogen and oxygen atoms in total. The predicted molar refractivity (Wildman–Crippen MR) is 124 cm³/mol. The Morgan fingerprint density at radius 2 is 1.13 bits per heavy atom. The van der Waals surface area contributed by atoms with Gasteiger partial charge in [-0.05, 0) is 65.9 Å². The first kappa shape index (κ1) is 22.8. The van der Waals surface area contributed by atoms with E-state index in [9.17, 15) is 16.8 Å². The van der Waals surface area contributed by atoms with Crippen LogP contribution in [0.2, 0.25) is 0 Å². The smallest absolute Gasteiger partial charge is 0.261 e. The van der Waals surface area contributed by atoms with E-state index in [0.29, 0.717) is 5.69 Å². The van der Waals surface area contributed by atoms with E-state index in [4.69, 9.17) is 0 Å². The third-order valence-corrected chi connectivity index (χ3v) is 7.62. The quantitative estimate of drug-likeness (QED) is 0.550. The Morgan fingerprint density at radius 3 is 1.65 bits per heavy atom. The first-order chi connectivity index (χ1) is 14.4. The lowest BCUT2D eigenvalue weighted by Crippen LogP contribution is -2.15. The maximum atomic E-state index is 12.7. The van der Waals surface area contributed by atoms with Crippen LogP contribution in [0.1, 0.15) is 31.9 Å². The van der Waals surface area contributed by atoms with Crippen LogP contribution in [0.3, 0.4) is 0 Å². The van der Waals surface area contributed by atoms with Gasteiger partial charge >= 0.3 is 0 Å². The summed E-state index contributed by atoms with van der Waals surface area (Å²) in [6, 6.07) is 19.3. The molecule has 2 N–H and O–H groups in total. The van der Waals surface area contributed by atoms with E-state index in [1.54, 1.807) is 36.4 Å². The molecule has 0 bridgehead atoms. The molecule has 0 heterocycles. The maximum absolute atomic E-state index is 12.7. The van der Waals surface area contributed by atoms with E-state index >= 15 is 0 Å². The SMILES string of the molecule is Cc1ccccc1NS(=O)(=O)c1ccc(NS(=O)(=O)c2ccc(C(C)(C)C)cc2)cc1. The highest BCUT2D eigenvalue weighted by molar-refractivity contribution is 7.93. The minimum Gasteiger partial charge on any atom is -0.280 e. The minimum atomic E-state index is -3.79. The zero-order chi connectivity index (χ0) is 22.9. The van der Waals surface area contributed by atoms with Crippen LogP contribution in [0.5, 0.6) is 0 Å². The van der Waals surface area contributed by atoms with Crippen molar-refractivity contribution in [1.29, 1.82) is 0 Å². The highest BCUT2D eigenvalue weighted by Crippen LogP contribution is 2.25. The molecule has 0 saturated heterocycles. The van der Waals surface area contributed by atoms with Crippen molar-refractivity contribution < 1.29 is 16.8 Å². The average Bonchev–Trinajstić information content (AvgIpc) is 2.69. The summed E-state index contributed by atoms with van der Waals surface area (Å²) in [6.45, 7) is 7.97. The average molecular weight is 459 g/mol. The number of rotatable bonds is 6. The predicted octanol–water partition coefficient (Wildman–Crippen LogP) is 4.89. The maximum Gasteiger partial charge on any atom is 0.261 e. The Kier molecular flexibility index (Phi) is 6.16. The molecule has 164 valence electrons. The van der Waals surface area contributed by atoms with E-state index < -0.39 is 20.0 Å². The van der Waals surface area contributed by atoms with Crippen LogP contribution < -0.4 is 9.44 Å². The highest BCUT2D eigenvalue weighted by atomic mass is 32.2. The monoisotopic (exact) mass is 458 g/mol. The Morgan fingerprint density at radius 1 is 0.645 bits per heavy atom. The molecule has 8 heteroatoms. The third kappa shape index (κ3) is 5.45. The number of sulfonamides is 2. The molecule has 0 atom stereocenters. The van der Waals surface area contributed by atoms with E-state index in [0.717, 1.165) is 11.1 Å². The number of anilines is 2. The molecule has 3 rings (SSSR count). The summed E-state index contributed by atoms with van der Waals surface area (Å²) in [5.74, 6) is 0. The topological polar surface area (TPSA) is 92.3 Å². The Hall–Kier alpha value is -2.84. The van der Waals surface area contributed by atoms with Crippen molar-refractivity contribution in [1.82, 2.24) is 0 Å². The molecule has 0 spiro atoms. The number of hydrogen-bond acceptors (Lipinski definition) is 4. The molecule has 0 amide bonds. The van der Waals surface area contributed by atoms with Gasteiger partial charge in [-0.25, -0.2) is 16.8 Å². The van der Waals surface area contributed by atoms with Crippen LogP contribution >= 0.6 is 0 Å². The molecule has 31 heavy (non-hydrogen) atoms. The highest BCUT2D eigenvalue weighted by Gasteiger charge is 2.19. The molecule has 0 aromatic heterocycles. The largest absolute Gasteiger partial charge is 0.280 e. The van der Waals surface area contributed by atoms with Gasteiger partial charge in [-0.3, -0.25) is 9.44 Å². The van der Waals surface area contributed by atoms with Crippen LogP contribution in [0, 0.1) is 6.92 Å². The fourth-order valence-corrected chi connectivity index (χ4v) is 5.13. The molecule has 0 aliphatic carbocycles. The number of hydrogen-bond donors (Lipinski definition) is 2. The lowest BCUT2D eigenvalue weighted by atomic mass is 9.87. The standard InChI is InChI=1S/C23H26N2O4S2/c1-17-7-5-6-8-22(17)25-31(28,29)21-15-11-19(12-16-21)24-30(26,27)20-13-9-18(10-14-20)23(2,3)4/h5-16,24-25H,1-4H3. The van der Waals surface area contributed by atoms with Crippen LogP contribution in [-0.2, 0) is 25.5 Å². The van der Waals surface area contributed by atoms with E-state index in [1.165, 1.54) is 24.3 Å². The van der Waals surface area contributed by atoms with Crippen molar-refractivity contribution in [3.8, 4) is 0 Å². The van der Waals surface area contributed by atoms with Gasteiger partial charge in [0.25, 0.3) is 20.0 Å². The van der Waals surface area contributed by atoms with Crippen LogP contribution in [-0.4, -0.2) is 16.8 Å². The number of benzene rings is 3. The van der Waals surface area contributed by atoms with Crippen LogP contribution in [0.15, 0.2) is 82.6 Å². The second kappa shape index (κ2) is 8.36. The minimum absolute atomic E-state index is 0.0354. The van der Waals surface area contributed by atoms with Gasteiger partial charge in [0.15, 0.2) is 0 Å². The van der Waals surface area contributed by atoms with Crippen molar-refractivity contribution >= 4 is 31.4 Å². The summed E-state index contributed by atoms with van der Waals surface area (Å²) in [6.07, 6.45) is 0. The first-order valence-electron chi connectivity index (χ1n) is 9.70. The number of para-hydroxylation sites is 1. The second-order valence-electron chi connectivity index (χ2n) is 8.32. The lowest BCUT2D eigenvalue weighted by molar-refractivity contribution is 0.587. The van der Waals surface area contributed by atoms with E-state index in [-0.39, 0.29) is 20.9 Å². The van der Waals surface area contributed by atoms with Gasteiger partial charge in [0.05, 0.1) is 15.5 Å². The Balaban J connectivity index is 1.77. The molecule has 0 unspecified atom stereocenters. The zero-order valence-corrected chi connectivity index (χ0v) is 19.5. The summed E-state index contributed by atoms with van der Waals surface area (Å²) in [5.41, 5.74) is 2.51. The number of aryl methyl sites for hydroxylation is 1. The normalized spacial score (nSPS) is 12.4. The van der Waals surface area contributed by atoms with Crippen molar-refractivity contribution in [3.63, 3.8) is 0 Å². The molecule has 0 saturated carbocycles. The van der Waals surface area contributed by atoms with E-state index in [2.05, 4.69) is 30.2 Å². The molecule has 0 radical (unpaired) electrons. The molecule has 3 aromatic rings. The van der Waals surface area contributed by atoms with Crippen molar-refractivity contribution in [2.45, 2.75) is 42.9 Å². The molecule has 0 aliphatic heterocycles. The van der Waals surface area contributed by atoms with Gasteiger partial charge in [0.1, 0.15) is 0 Å². The van der Waals surface area contributed by atoms with Gasteiger partial charge in [-0.2, -0.15) is 0 Å². The second-order valence-corrected chi connectivity index (χ2v) is 11.7. The van der Waals surface area contributed by atoms with Gasteiger partial charge in [0.2, 0.25) is 0 Å². The molecule has 0 aliphatic rings. The molecular formula is C23H26N2O4S2.